The topological polar surface area (TPSA) is 38.4 Å². The van der Waals surface area contributed by atoms with Crippen LogP contribution in [0.15, 0.2) is 17.1 Å². The SMILES string of the molecule is CC.CCC(N)=Nc1c(C)cc(P)cc1C. The molecule has 3 heteroatoms. The summed E-state index contributed by atoms with van der Waals surface area (Å²) in [4.78, 5) is 4.40. The molecule has 0 spiro atoms. The lowest BCUT2D eigenvalue weighted by Gasteiger charge is -2.07. The first-order valence-corrected chi connectivity index (χ1v) is 6.32. The largest absolute Gasteiger partial charge is 0.387 e. The predicted molar refractivity (Wildman–Crippen MR) is 78.2 cm³/mol. The van der Waals surface area contributed by atoms with Gasteiger partial charge < -0.3 is 5.73 Å². The van der Waals surface area contributed by atoms with Gasteiger partial charge in [-0.05, 0) is 42.4 Å². The average molecular weight is 238 g/mol. The first-order chi connectivity index (χ1) is 7.54. The zero-order valence-electron chi connectivity index (χ0n) is 11.0. The van der Waals surface area contributed by atoms with Crippen molar-refractivity contribution >= 4 is 26.1 Å². The molecular formula is C13H23N2P. The predicted octanol–water partition coefficient (Wildman–Crippen LogP) is 3.23. The van der Waals surface area contributed by atoms with Crippen molar-refractivity contribution in [3.8, 4) is 0 Å². The van der Waals surface area contributed by atoms with Crippen molar-refractivity contribution in [2.45, 2.75) is 41.0 Å². The van der Waals surface area contributed by atoms with Gasteiger partial charge in [0.25, 0.3) is 0 Å². The smallest absolute Gasteiger partial charge is 0.0993 e. The van der Waals surface area contributed by atoms with Crippen LogP contribution in [0.5, 0.6) is 0 Å². The number of amidine groups is 1. The molecule has 2 nitrogen and oxygen atoms in total. The normalized spacial score (nSPS) is 10.8. The molecule has 1 rings (SSSR count). The van der Waals surface area contributed by atoms with Gasteiger partial charge in [0.05, 0.1) is 11.5 Å². The highest BCUT2D eigenvalue weighted by atomic mass is 31.0. The molecule has 0 heterocycles. The first-order valence-electron chi connectivity index (χ1n) is 5.74. The minimum Gasteiger partial charge on any atom is -0.387 e. The molecule has 16 heavy (non-hydrogen) atoms. The van der Waals surface area contributed by atoms with Gasteiger partial charge in [0.1, 0.15) is 0 Å². The van der Waals surface area contributed by atoms with E-state index in [-0.39, 0.29) is 0 Å². The van der Waals surface area contributed by atoms with E-state index in [9.17, 15) is 0 Å². The van der Waals surface area contributed by atoms with Crippen LogP contribution in [-0.2, 0) is 0 Å². The average Bonchev–Trinajstić information content (AvgIpc) is 2.25. The number of aryl methyl sites for hydroxylation is 2. The van der Waals surface area contributed by atoms with Crippen LogP contribution in [-0.4, -0.2) is 5.84 Å². The Labute approximate surface area is 102 Å². The molecule has 0 aromatic heterocycles. The number of rotatable bonds is 2. The summed E-state index contributed by atoms with van der Waals surface area (Å²) < 4.78 is 0. The number of nitrogens with zero attached hydrogens (tertiary/aromatic N) is 1. The van der Waals surface area contributed by atoms with Crippen LogP contribution < -0.4 is 11.0 Å². The van der Waals surface area contributed by atoms with E-state index < -0.39 is 0 Å². The van der Waals surface area contributed by atoms with E-state index in [1.54, 1.807) is 0 Å². The minimum absolute atomic E-state index is 0.688. The molecule has 0 saturated heterocycles. The van der Waals surface area contributed by atoms with E-state index in [0.29, 0.717) is 5.84 Å². The summed E-state index contributed by atoms with van der Waals surface area (Å²) in [5, 5.41) is 1.19. The quantitative estimate of drug-likeness (QED) is 0.479. The molecule has 2 N–H and O–H groups in total. The molecule has 0 aliphatic carbocycles. The van der Waals surface area contributed by atoms with Gasteiger partial charge >= 0.3 is 0 Å². The second-order valence-electron chi connectivity index (χ2n) is 3.46. The van der Waals surface area contributed by atoms with Crippen molar-refractivity contribution < 1.29 is 0 Å². The van der Waals surface area contributed by atoms with Crippen molar-refractivity contribution in [1.29, 1.82) is 0 Å². The Morgan fingerprint density at radius 2 is 1.69 bits per heavy atom. The number of aliphatic imine (C=N–C) groups is 1. The number of hydrogen-bond acceptors (Lipinski definition) is 1. The zero-order valence-corrected chi connectivity index (χ0v) is 12.1. The lowest BCUT2D eigenvalue weighted by atomic mass is 10.1. The molecule has 1 unspecified atom stereocenters. The Hall–Kier alpha value is -0.880. The fourth-order valence-electron chi connectivity index (χ4n) is 1.39. The summed E-state index contributed by atoms with van der Waals surface area (Å²) in [6.45, 7) is 10.1. The van der Waals surface area contributed by atoms with Gasteiger partial charge in [0.15, 0.2) is 0 Å². The van der Waals surface area contributed by atoms with Crippen molar-refractivity contribution in [2.75, 3.05) is 0 Å². The van der Waals surface area contributed by atoms with E-state index in [2.05, 4.69) is 40.2 Å². The Kier molecular flexibility index (Phi) is 7.00. The summed E-state index contributed by atoms with van der Waals surface area (Å²) in [5.41, 5.74) is 9.08. The summed E-state index contributed by atoms with van der Waals surface area (Å²) >= 11 is 0. The van der Waals surface area contributed by atoms with Gasteiger partial charge in [0, 0.05) is 6.42 Å². The van der Waals surface area contributed by atoms with E-state index in [0.717, 1.165) is 12.1 Å². The molecule has 0 radical (unpaired) electrons. The Morgan fingerprint density at radius 3 is 2.06 bits per heavy atom. The van der Waals surface area contributed by atoms with Crippen molar-refractivity contribution in [1.82, 2.24) is 0 Å². The third-order valence-electron chi connectivity index (χ3n) is 2.13. The molecule has 90 valence electrons. The molecule has 1 atom stereocenters. The molecule has 0 aliphatic heterocycles. The van der Waals surface area contributed by atoms with Crippen LogP contribution in [0.4, 0.5) is 5.69 Å². The van der Waals surface area contributed by atoms with Crippen molar-refractivity contribution in [2.24, 2.45) is 10.7 Å². The Balaban J connectivity index is 0.00000106. The van der Waals surface area contributed by atoms with E-state index in [4.69, 9.17) is 5.73 Å². The van der Waals surface area contributed by atoms with Gasteiger partial charge in [0.2, 0.25) is 0 Å². The highest BCUT2D eigenvalue weighted by molar-refractivity contribution is 7.27. The molecule has 0 amide bonds. The van der Waals surface area contributed by atoms with Gasteiger partial charge in [-0.25, -0.2) is 4.99 Å². The molecule has 0 saturated carbocycles. The van der Waals surface area contributed by atoms with Gasteiger partial charge in [-0.1, -0.05) is 20.8 Å². The number of benzene rings is 1. The van der Waals surface area contributed by atoms with Crippen LogP contribution in [0.25, 0.3) is 0 Å². The third-order valence-corrected chi connectivity index (χ3v) is 2.46. The van der Waals surface area contributed by atoms with Crippen molar-refractivity contribution in [3.05, 3.63) is 23.3 Å². The molecule has 1 aromatic carbocycles. The van der Waals surface area contributed by atoms with Crippen LogP contribution in [0, 0.1) is 13.8 Å². The molecule has 0 bridgehead atoms. The second kappa shape index (κ2) is 7.40. The Bertz CT molecular complexity index is 347. The van der Waals surface area contributed by atoms with Gasteiger partial charge in [-0.2, -0.15) is 0 Å². The van der Waals surface area contributed by atoms with E-state index >= 15 is 0 Å². The molecule has 0 aliphatic rings. The maximum atomic E-state index is 5.73. The molecule has 1 aromatic rings. The fourth-order valence-corrected chi connectivity index (χ4v) is 1.89. The molecular weight excluding hydrogens is 215 g/mol. The zero-order chi connectivity index (χ0) is 12.7. The lowest BCUT2D eigenvalue weighted by Crippen LogP contribution is -2.09. The van der Waals surface area contributed by atoms with Crippen molar-refractivity contribution in [3.63, 3.8) is 0 Å². The van der Waals surface area contributed by atoms with Gasteiger partial charge in [-0.15, -0.1) is 9.24 Å². The maximum absolute atomic E-state index is 5.73. The van der Waals surface area contributed by atoms with E-state index in [1.165, 1.54) is 16.4 Å². The summed E-state index contributed by atoms with van der Waals surface area (Å²) in [7, 11) is 2.70. The first kappa shape index (κ1) is 15.1. The fraction of sp³-hybridized carbons (Fsp3) is 0.462. The highest BCUT2D eigenvalue weighted by Gasteiger charge is 2.02. The van der Waals surface area contributed by atoms with Crippen LogP contribution in [0.2, 0.25) is 0 Å². The van der Waals surface area contributed by atoms with Crippen LogP contribution >= 0.6 is 9.24 Å². The minimum atomic E-state index is 0.688. The van der Waals surface area contributed by atoms with E-state index in [1.807, 2.05) is 20.8 Å². The summed E-state index contributed by atoms with van der Waals surface area (Å²) in [6, 6.07) is 4.19. The van der Waals surface area contributed by atoms with Crippen LogP contribution in [0.3, 0.4) is 0 Å². The second-order valence-corrected chi connectivity index (χ2v) is 4.13. The maximum Gasteiger partial charge on any atom is 0.0993 e. The third kappa shape index (κ3) is 4.32. The summed E-state index contributed by atoms with van der Waals surface area (Å²) in [5.74, 6) is 0.688. The van der Waals surface area contributed by atoms with Gasteiger partial charge in [-0.3, -0.25) is 0 Å². The number of nitrogens with two attached hydrogens (primary N) is 1. The standard InChI is InChI=1S/C11H17N2P.C2H6/c1-4-10(12)13-11-7(2)5-9(14)6-8(11)3;1-2/h5-6H,4,14H2,1-3H3,(H2,12,13);1-2H3. The monoisotopic (exact) mass is 238 g/mol. The number of hydrogen-bond donors (Lipinski definition) is 1. The molecule has 0 fully saturated rings. The Morgan fingerprint density at radius 1 is 1.25 bits per heavy atom. The summed E-state index contributed by atoms with van der Waals surface area (Å²) in [6.07, 6.45) is 0.793. The van der Waals surface area contributed by atoms with Crippen LogP contribution in [0.1, 0.15) is 38.3 Å². The highest BCUT2D eigenvalue weighted by Crippen LogP contribution is 2.22. The lowest BCUT2D eigenvalue weighted by molar-refractivity contribution is 1.22.